The van der Waals surface area contributed by atoms with Crippen molar-refractivity contribution >= 4 is 29.1 Å². The van der Waals surface area contributed by atoms with E-state index in [0.29, 0.717) is 28.9 Å². The van der Waals surface area contributed by atoms with Gasteiger partial charge in [-0.2, -0.15) is 0 Å². The predicted molar refractivity (Wildman–Crippen MR) is 93.0 cm³/mol. The molecule has 0 aromatic heterocycles. The summed E-state index contributed by atoms with van der Waals surface area (Å²) in [5.41, 5.74) is 0.993. The van der Waals surface area contributed by atoms with Crippen molar-refractivity contribution in [3.8, 4) is 0 Å². The van der Waals surface area contributed by atoms with Gasteiger partial charge >= 0.3 is 0 Å². The highest BCUT2D eigenvalue weighted by Crippen LogP contribution is 2.23. The van der Waals surface area contributed by atoms with Crippen LogP contribution in [-0.2, 0) is 4.79 Å². The molecule has 1 N–H and O–H groups in total. The first-order chi connectivity index (χ1) is 10.9. The van der Waals surface area contributed by atoms with Gasteiger partial charge in [-0.3, -0.25) is 9.59 Å². The molecule has 1 aromatic carbocycles. The Morgan fingerprint density at radius 2 is 2.13 bits per heavy atom. The van der Waals surface area contributed by atoms with E-state index in [1.165, 1.54) is 19.8 Å². The van der Waals surface area contributed by atoms with Crippen molar-refractivity contribution in [3.63, 3.8) is 0 Å². The van der Waals surface area contributed by atoms with Crippen LogP contribution in [0.3, 0.4) is 0 Å². The second kappa shape index (κ2) is 7.79. The van der Waals surface area contributed by atoms with Crippen LogP contribution in [0.2, 0.25) is 5.02 Å². The van der Waals surface area contributed by atoms with Gasteiger partial charge < -0.3 is 15.1 Å². The minimum Gasteiger partial charge on any atom is -0.340 e. The number of piperidine rings is 1. The summed E-state index contributed by atoms with van der Waals surface area (Å²) in [5.74, 6) is -0.302. The van der Waals surface area contributed by atoms with Crippen molar-refractivity contribution in [1.29, 1.82) is 0 Å². The molecule has 0 spiro atoms. The lowest BCUT2D eigenvalue weighted by atomic mass is 10.0. The molecule has 23 heavy (non-hydrogen) atoms. The largest absolute Gasteiger partial charge is 0.340 e. The molecule has 0 aliphatic carbocycles. The quantitative estimate of drug-likeness (QED) is 0.919. The van der Waals surface area contributed by atoms with Gasteiger partial charge in [0.2, 0.25) is 5.91 Å². The van der Waals surface area contributed by atoms with Gasteiger partial charge in [0.15, 0.2) is 0 Å². The Morgan fingerprint density at radius 1 is 1.39 bits per heavy atom. The standard InChI is InChI=1S/C17H24ClN3O2/c1-12(22)19-13-7-8-16(18)15(10-13)17(23)21(3)11-14-6-4-5-9-20(14)2/h7-8,10,14H,4-6,9,11H2,1-3H3,(H,19,22)/t14-/m1/s1. The van der Waals surface area contributed by atoms with E-state index in [-0.39, 0.29) is 11.8 Å². The molecular formula is C17H24ClN3O2. The highest BCUT2D eigenvalue weighted by Gasteiger charge is 2.24. The molecule has 2 rings (SSSR count). The third-order valence-corrected chi connectivity index (χ3v) is 4.60. The van der Waals surface area contributed by atoms with Crippen molar-refractivity contribution in [3.05, 3.63) is 28.8 Å². The average molecular weight is 338 g/mol. The van der Waals surface area contributed by atoms with Gasteiger partial charge in [-0.1, -0.05) is 18.0 Å². The summed E-state index contributed by atoms with van der Waals surface area (Å²) in [6, 6.07) is 5.35. The summed E-state index contributed by atoms with van der Waals surface area (Å²) in [4.78, 5) is 27.9. The molecule has 126 valence electrons. The number of likely N-dealkylation sites (N-methyl/N-ethyl adjacent to an activating group) is 2. The molecule has 1 heterocycles. The Kier molecular flexibility index (Phi) is 6.02. The maximum atomic E-state index is 12.7. The molecule has 5 nitrogen and oxygen atoms in total. The molecule has 0 saturated carbocycles. The number of nitrogens with one attached hydrogen (secondary N) is 1. The van der Waals surface area contributed by atoms with Gasteiger partial charge in [-0.25, -0.2) is 0 Å². The number of rotatable bonds is 4. The van der Waals surface area contributed by atoms with Crippen molar-refractivity contribution in [2.45, 2.75) is 32.2 Å². The fourth-order valence-corrected chi connectivity index (χ4v) is 3.15. The average Bonchev–Trinajstić information content (AvgIpc) is 2.50. The molecule has 1 aliphatic heterocycles. The van der Waals surface area contributed by atoms with Gasteiger partial charge in [0, 0.05) is 32.2 Å². The summed E-state index contributed by atoms with van der Waals surface area (Å²) in [6.07, 6.45) is 3.53. The summed E-state index contributed by atoms with van der Waals surface area (Å²) in [6.45, 7) is 3.18. The number of hydrogen-bond donors (Lipinski definition) is 1. The number of carbonyl (C=O) groups is 2. The van der Waals surface area contributed by atoms with Crippen molar-refractivity contribution in [2.75, 3.05) is 32.5 Å². The monoisotopic (exact) mass is 337 g/mol. The van der Waals surface area contributed by atoms with Crippen LogP contribution in [0.4, 0.5) is 5.69 Å². The van der Waals surface area contributed by atoms with Crippen molar-refractivity contribution < 1.29 is 9.59 Å². The van der Waals surface area contributed by atoms with E-state index in [4.69, 9.17) is 11.6 Å². The number of halogens is 1. The number of anilines is 1. The third kappa shape index (κ3) is 4.69. The molecule has 1 aliphatic rings. The van der Waals surface area contributed by atoms with Crippen LogP contribution in [0.15, 0.2) is 18.2 Å². The molecule has 2 amide bonds. The Hall–Kier alpha value is -1.59. The van der Waals surface area contributed by atoms with Crippen LogP contribution in [-0.4, -0.2) is 54.8 Å². The van der Waals surface area contributed by atoms with E-state index in [1.807, 2.05) is 0 Å². The SMILES string of the molecule is CC(=O)Nc1ccc(Cl)c(C(=O)N(C)C[C@H]2CCCCN2C)c1. The lowest BCUT2D eigenvalue weighted by Gasteiger charge is -2.35. The van der Waals surface area contributed by atoms with Crippen LogP contribution in [0.5, 0.6) is 0 Å². The van der Waals surface area contributed by atoms with E-state index in [1.54, 1.807) is 30.1 Å². The Balaban J connectivity index is 2.10. The predicted octanol–water partition coefficient (Wildman–Crippen LogP) is 2.85. The van der Waals surface area contributed by atoms with E-state index >= 15 is 0 Å². The van der Waals surface area contributed by atoms with Crippen LogP contribution in [0.1, 0.15) is 36.5 Å². The molecule has 0 bridgehead atoms. The fraction of sp³-hybridized carbons (Fsp3) is 0.529. The maximum Gasteiger partial charge on any atom is 0.255 e. The third-order valence-electron chi connectivity index (χ3n) is 4.27. The highest BCUT2D eigenvalue weighted by molar-refractivity contribution is 6.34. The van der Waals surface area contributed by atoms with Crippen molar-refractivity contribution in [2.24, 2.45) is 0 Å². The van der Waals surface area contributed by atoms with E-state index in [9.17, 15) is 9.59 Å². The zero-order valence-electron chi connectivity index (χ0n) is 13.9. The first-order valence-electron chi connectivity index (χ1n) is 7.91. The van der Waals surface area contributed by atoms with Gasteiger partial charge in [0.05, 0.1) is 10.6 Å². The number of benzene rings is 1. The lowest BCUT2D eigenvalue weighted by Crippen LogP contribution is -2.45. The van der Waals surface area contributed by atoms with Gasteiger partial charge in [0.1, 0.15) is 0 Å². The molecule has 0 unspecified atom stereocenters. The minimum absolute atomic E-state index is 0.124. The molecular weight excluding hydrogens is 314 g/mol. The van der Waals surface area contributed by atoms with Crippen LogP contribution in [0, 0.1) is 0 Å². The maximum absolute atomic E-state index is 12.7. The van der Waals surface area contributed by atoms with Gasteiger partial charge in [0.25, 0.3) is 5.91 Å². The first kappa shape index (κ1) is 17.8. The number of amides is 2. The summed E-state index contributed by atoms with van der Waals surface area (Å²) in [7, 11) is 3.90. The zero-order valence-corrected chi connectivity index (χ0v) is 14.7. The first-order valence-corrected chi connectivity index (χ1v) is 8.29. The number of hydrogen-bond acceptors (Lipinski definition) is 3. The normalized spacial score (nSPS) is 18.5. The fourth-order valence-electron chi connectivity index (χ4n) is 2.95. The van der Waals surface area contributed by atoms with Crippen molar-refractivity contribution in [1.82, 2.24) is 9.80 Å². The molecule has 0 radical (unpaired) electrons. The topological polar surface area (TPSA) is 52.7 Å². The zero-order chi connectivity index (χ0) is 17.0. The number of nitrogens with zero attached hydrogens (tertiary/aromatic N) is 2. The van der Waals surface area contributed by atoms with E-state index in [2.05, 4.69) is 17.3 Å². The van der Waals surface area contributed by atoms with Crippen LogP contribution in [0.25, 0.3) is 0 Å². The number of likely N-dealkylation sites (tertiary alicyclic amines) is 1. The molecule has 1 atom stereocenters. The van der Waals surface area contributed by atoms with E-state index in [0.717, 1.165) is 13.0 Å². The van der Waals surface area contributed by atoms with Gasteiger partial charge in [-0.15, -0.1) is 0 Å². The summed E-state index contributed by atoms with van der Waals surface area (Å²) < 4.78 is 0. The van der Waals surface area contributed by atoms with Crippen LogP contribution < -0.4 is 5.32 Å². The Labute approximate surface area is 142 Å². The van der Waals surface area contributed by atoms with E-state index < -0.39 is 0 Å². The summed E-state index contributed by atoms with van der Waals surface area (Å²) >= 11 is 6.17. The summed E-state index contributed by atoms with van der Waals surface area (Å²) in [5, 5.41) is 3.07. The smallest absolute Gasteiger partial charge is 0.255 e. The molecule has 1 aromatic rings. The molecule has 1 fully saturated rings. The second-order valence-electron chi connectivity index (χ2n) is 6.19. The second-order valence-corrected chi connectivity index (χ2v) is 6.60. The Morgan fingerprint density at radius 3 is 2.78 bits per heavy atom. The number of carbonyl (C=O) groups excluding carboxylic acids is 2. The lowest BCUT2D eigenvalue weighted by molar-refractivity contribution is -0.114. The van der Waals surface area contributed by atoms with Gasteiger partial charge in [-0.05, 0) is 44.6 Å². The Bertz CT molecular complexity index is 591. The minimum atomic E-state index is -0.178. The molecule has 1 saturated heterocycles. The molecule has 6 heteroatoms. The van der Waals surface area contributed by atoms with Crippen LogP contribution >= 0.6 is 11.6 Å². The highest BCUT2D eigenvalue weighted by atomic mass is 35.5.